The van der Waals surface area contributed by atoms with Crippen molar-refractivity contribution >= 4 is 23.9 Å². The molecule has 14 nitrogen and oxygen atoms in total. The van der Waals surface area contributed by atoms with Crippen LogP contribution in [-0.2, 0) is 52.3 Å². The Bertz CT molecular complexity index is 1870. The van der Waals surface area contributed by atoms with Crippen molar-refractivity contribution in [1.82, 2.24) is 0 Å². The molecule has 0 radical (unpaired) electrons. The first-order chi connectivity index (χ1) is 24.8. The van der Waals surface area contributed by atoms with Gasteiger partial charge in [0.05, 0.1) is 19.6 Å². The molecule has 14 unspecified atom stereocenters. The summed E-state index contributed by atoms with van der Waals surface area (Å²) in [6, 6.07) is 1.71. The number of esters is 4. The molecular weight excluding hydrogens is 692 g/mol. The maximum absolute atomic E-state index is 13.9. The van der Waals surface area contributed by atoms with Crippen LogP contribution in [0.4, 0.5) is 0 Å². The van der Waals surface area contributed by atoms with E-state index >= 15 is 0 Å². The van der Waals surface area contributed by atoms with Crippen molar-refractivity contribution in [2.45, 2.75) is 134 Å². The number of ether oxygens (including phenoxy) is 7. The summed E-state index contributed by atoms with van der Waals surface area (Å²) >= 11 is 0. The van der Waals surface area contributed by atoms with Gasteiger partial charge in [-0.05, 0) is 51.2 Å². The Morgan fingerprint density at radius 2 is 1.83 bits per heavy atom. The van der Waals surface area contributed by atoms with Gasteiger partial charge in [-0.25, -0.2) is 14.4 Å². The van der Waals surface area contributed by atoms with E-state index in [0.29, 0.717) is 24.0 Å². The smallest absolute Gasteiger partial charge is 0.347 e. The van der Waals surface area contributed by atoms with Crippen LogP contribution < -0.4 is 0 Å². The fourth-order valence-electron chi connectivity index (χ4n) is 12.3. The summed E-state index contributed by atoms with van der Waals surface area (Å²) in [5.74, 6) is -6.66. The summed E-state index contributed by atoms with van der Waals surface area (Å²) in [6.07, 6.45) is 1.11. The molecule has 4 heterocycles. The minimum absolute atomic E-state index is 0.155. The highest BCUT2D eigenvalue weighted by molar-refractivity contribution is 5.88. The summed E-state index contributed by atoms with van der Waals surface area (Å²) in [6.45, 7) is 13.5. The van der Waals surface area contributed by atoms with Gasteiger partial charge >= 0.3 is 23.9 Å². The predicted octanol–water partition coefficient (Wildman–Crippen LogP) is 3.73. The van der Waals surface area contributed by atoms with E-state index in [2.05, 4.69) is 0 Å². The molecule has 3 aliphatic heterocycles. The molecule has 1 spiro atoms. The summed E-state index contributed by atoms with van der Waals surface area (Å²) in [5, 5.41) is 27.3. The first-order valence-electron chi connectivity index (χ1n) is 18.4. The van der Waals surface area contributed by atoms with Crippen LogP contribution in [0.2, 0.25) is 0 Å². The fourth-order valence-corrected chi connectivity index (χ4v) is 12.3. The molecule has 1 aromatic rings. The Hall–Kier alpha value is -3.56. The van der Waals surface area contributed by atoms with Crippen LogP contribution in [0.1, 0.15) is 92.7 Å². The molecule has 2 saturated heterocycles. The van der Waals surface area contributed by atoms with Gasteiger partial charge in [0, 0.05) is 52.2 Å². The average molecular weight is 741 g/mol. The lowest BCUT2D eigenvalue weighted by Crippen LogP contribution is -2.92. The molecule has 8 rings (SSSR count). The minimum atomic E-state index is -2.44. The van der Waals surface area contributed by atoms with Gasteiger partial charge in [0.25, 0.3) is 5.97 Å². The lowest BCUT2D eigenvalue weighted by molar-refractivity contribution is -0.457. The zero-order valence-electron chi connectivity index (χ0n) is 31.5. The number of carbonyl (C=O) groups is 4. The largest absolute Gasteiger partial charge is 0.472 e. The van der Waals surface area contributed by atoms with Crippen LogP contribution in [0.5, 0.6) is 0 Å². The summed E-state index contributed by atoms with van der Waals surface area (Å²) < 4.78 is 50.3. The number of cyclic esters (lactones) is 1. The van der Waals surface area contributed by atoms with Gasteiger partial charge < -0.3 is 47.8 Å². The molecule has 14 atom stereocenters. The third kappa shape index (κ3) is 3.73. The molecule has 4 bridgehead atoms. The summed E-state index contributed by atoms with van der Waals surface area (Å²) in [7, 11) is 1.16. The van der Waals surface area contributed by atoms with Gasteiger partial charge in [-0.1, -0.05) is 40.7 Å². The Morgan fingerprint density at radius 3 is 2.43 bits per heavy atom. The number of furan rings is 1. The molecule has 53 heavy (non-hydrogen) atoms. The number of methoxy groups -OCH3 is 1. The number of carbonyl (C=O) groups excluding carboxylic acids is 4. The second-order valence-corrected chi connectivity index (χ2v) is 16.9. The maximum Gasteiger partial charge on any atom is 0.347 e. The van der Waals surface area contributed by atoms with Gasteiger partial charge in [0.1, 0.15) is 29.5 Å². The van der Waals surface area contributed by atoms with Gasteiger partial charge in [0.15, 0.2) is 11.2 Å². The number of fused-ring (bicyclic) bond motifs is 4. The fraction of sp³-hybridized carbons (Fsp3) is 0.692. The Labute approximate surface area is 307 Å². The van der Waals surface area contributed by atoms with Crippen molar-refractivity contribution in [2.24, 2.45) is 28.1 Å². The van der Waals surface area contributed by atoms with Crippen LogP contribution in [0.15, 0.2) is 46.3 Å². The average Bonchev–Trinajstić information content (AvgIpc) is 3.90. The van der Waals surface area contributed by atoms with Crippen LogP contribution in [0, 0.1) is 28.1 Å². The van der Waals surface area contributed by atoms with Gasteiger partial charge in [0.2, 0.25) is 6.10 Å². The van der Waals surface area contributed by atoms with Crippen molar-refractivity contribution in [3.05, 3.63) is 47.5 Å². The SMILES string of the molecule is CC=C(C)C(=O)OC1C2(C)CC3(O)C1(O)C1OC4(C(C)CC)OC15C1=CC(=O)OC(c6ccoc6)C1(C)CCC5(O4)C3(C)C2C(OC(C)=O)C(=O)OC. The van der Waals surface area contributed by atoms with Crippen LogP contribution in [-0.4, -0.2) is 87.9 Å². The summed E-state index contributed by atoms with van der Waals surface area (Å²) in [5.41, 5.74) is -11.1. The number of rotatable bonds is 8. The van der Waals surface area contributed by atoms with Crippen molar-refractivity contribution in [1.29, 1.82) is 0 Å². The van der Waals surface area contributed by atoms with E-state index in [1.54, 1.807) is 39.8 Å². The highest BCUT2D eigenvalue weighted by atomic mass is 17.0. The lowest BCUT2D eigenvalue weighted by atomic mass is 9.34. The molecule has 2 N–H and O–H groups in total. The Morgan fingerprint density at radius 1 is 1.11 bits per heavy atom. The Balaban J connectivity index is 1.47. The van der Waals surface area contributed by atoms with Crippen LogP contribution in [0.3, 0.4) is 0 Å². The first-order valence-corrected chi connectivity index (χ1v) is 18.4. The van der Waals surface area contributed by atoms with E-state index in [1.165, 1.54) is 18.6 Å². The molecule has 0 aromatic carbocycles. The topological polar surface area (TPSA) is 186 Å². The lowest BCUT2D eigenvalue weighted by Gasteiger charge is -2.75. The number of hydrogen-bond acceptors (Lipinski definition) is 14. The van der Waals surface area contributed by atoms with E-state index < -0.39 is 105 Å². The van der Waals surface area contributed by atoms with Gasteiger partial charge in [-0.2, -0.15) is 0 Å². The molecule has 6 fully saturated rings. The zero-order valence-corrected chi connectivity index (χ0v) is 31.5. The number of aliphatic hydroxyl groups is 2. The van der Waals surface area contributed by atoms with Crippen molar-refractivity contribution in [2.75, 3.05) is 7.11 Å². The van der Waals surface area contributed by atoms with Gasteiger partial charge in [-0.15, -0.1) is 0 Å². The van der Waals surface area contributed by atoms with Crippen molar-refractivity contribution in [3.63, 3.8) is 0 Å². The molecule has 4 saturated carbocycles. The Kier molecular flexibility index (Phi) is 7.43. The number of hydrogen-bond donors (Lipinski definition) is 2. The number of allylic oxidation sites excluding steroid dienone is 1. The molecule has 7 aliphatic rings. The zero-order chi connectivity index (χ0) is 38.5. The van der Waals surface area contributed by atoms with Gasteiger partial charge in [-0.3, -0.25) is 4.79 Å². The molecule has 14 heteroatoms. The molecular formula is C39H48O14. The highest BCUT2D eigenvalue weighted by Gasteiger charge is 3.03. The normalized spacial score (nSPS) is 48.2. The quantitative estimate of drug-likeness (QED) is 0.223. The molecule has 288 valence electrons. The van der Waals surface area contributed by atoms with E-state index in [1.807, 2.05) is 20.8 Å². The molecule has 4 aliphatic carbocycles. The van der Waals surface area contributed by atoms with E-state index in [-0.39, 0.29) is 18.4 Å². The molecule has 1 aromatic heterocycles. The molecule has 0 amide bonds. The summed E-state index contributed by atoms with van der Waals surface area (Å²) in [4.78, 5) is 54.3. The van der Waals surface area contributed by atoms with E-state index in [4.69, 9.17) is 37.6 Å². The first kappa shape index (κ1) is 36.4. The second kappa shape index (κ2) is 10.8. The predicted molar refractivity (Wildman–Crippen MR) is 179 cm³/mol. The monoisotopic (exact) mass is 740 g/mol. The van der Waals surface area contributed by atoms with E-state index in [9.17, 15) is 29.4 Å². The highest BCUT2D eigenvalue weighted by Crippen LogP contribution is 2.88. The van der Waals surface area contributed by atoms with Crippen LogP contribution >= 0.6 is 0 Å². The van der Waals surface area contributed by atoms with E-state index in [0.717, 1.165) is 14.0 Å². The standard InChI is InChI=1S/C39H48O14/c1-10-19(3)28(42)50-30-33(7)18-35(44)34(8,26(33)25(29(43)46-9)48-21(5)40)36-14-13-32(6)23(16-24(41)49-27(32)22-12-15-47-17-22)38(36)31(37(30,35)45)51-39(52-36,53-38)20(4)11-2/h10,12,15-17,20,25-27,30-31,44-45H,11,13-14,18H2,1-9H3. The van der Waals surface area contributed by atoms with Crippen molar-refractivity contribution < 1.29 is 67.0 Å². The third-order valence-electron chi connectivity index (χ3n) is 14.8. The minimum Gasteiger partial charge on any atom is -0.472 e. The van der Waals surface area contributed by atoms with Crippen LogP contribution in [0.25, 0.3) is 0 Å². The second-order valence-electron chi connectivity index (χ2n) is 16.9. The third-order valence-corrected chi connectivity index (χ3v) is 14.8. The maximum atomic E-state index is 13.9. The van der Waals surface area contributed by atoms with Crippen molar-refractivity contribution in [3.8, 4) is 0 Å².